The minimum Gasteiger partial charge on any atom is -0.481 e. The largest absolute Gasteiger partial charge is 0.481 e. The van der Waals surface area contributed by atoms with Crippen molar-refractivity contribution in [3.8, 4) is 0 Å². The Bertz CT molecular complexity index is 1370. The van der Waals surface area contributed by atoms with E-state index in [1.54, 1.807) is 13.8 Å². The van der Waals surface area contributed by atoms with Crippen LogP contribution >= 0.6 is 0 Å². The van der Waals surface area contributed by atoms with E-state index in [4.69, 9.17) is 5.73 Å². The second-order valence-electron chi connectivity index (χ2n) is 11.4. The summed E-state index contributed by atoms with van der Waals surface area (Å²) < 4.78 is 0. The number of rotatable bonds is 8. The number of Topliss-reactive ketones (excluding diaryl/α,β-unsaturated/α-hetero) is 1. The predicted octanol–water partition coefficient (Wildman–Crippen LogP) is 3.01. The Balaban J connectivity index is 1.60. The summed E-state index contributed by atoms with van der Waals surface area (Å²) in [5.41, 5.74) is 8.34. The van der Waals surface area contributed by atoms with Crippen LogP contribution in [-0.2, 0) is 26.2 Å². The third-order valence-electron chi connectivity index (χ3n) is 8.42. The number of aromatic amines is 1. The zero-order valence-corrected chi connectivity index (χ0v) is 21.9. The number of nitrogens with one attached hydrogen (secondary N) is 3. The lowest BCUT2D eigenvalue weighted by atomic mass is 9.64. The minimum atomic E-state index is -1.18. The number of aliphatic carboxylic acids is 1. The Morgan fingerprint density at radius 2 is 1.79 bits per heavy atom. The van der Waals surface area contributed by atoms with Crippen molar-refractivity contribution in [1.29, 1.82) is 0 Å². The highest BCUT2D eigenvalue weighted by atomic mass is 16.4. The maximum atomic E-state index is 14.7. The molecule has 8 heteroatoms. The van der Waals surface area contributed by atoms with Crippen LogP contribution in [0, 0.1) is 5.92 Å². The van der Waals surface area contributed by atoms with Crippen LogP contribution in [0.5, 0.6) is 0 Å². The van der Waals surface area contributed by atoms with Gasteiger partial charge in [0.25, 0.3) is 0 Å². The highest BCUT2D eigenvalue weighted by Gasteiger charge is 2.56. The van der Waals surface area contributed by atoms with Crippen LogP contribution in [0.4, 0.5) is 0 Å². The normalized spacial score (nSPS) is 21.2. The average Bonchev–Trinajstić information content (AvgIpc) is 3.40. The van der Waals surface area contributed by atoms with Crippen molar-refractivity contribution < 1.29 is 19.5 Å². The highest BCUT2D eigenvalue weighted by molar-refractivity contribution is 5.96. The molecule has 1 fully saturated rings. The molecule has 1 saturated heterocycles. The van der Waals surface area contributed by atoms with Crippen LogP contribution in [0.3, 0.4) is 0 Å². The molecular weight excluding hydrogens is 480 g/mol. The summed E-state index contributed by atoms with van der Waals surface area (Å²) in [7, 11) is 0. The monoisotopic (exact) mass is 516 g/mol. The fourth-order valence-electron chi connectivity index (χ4n) is 6.65. The first-order valence-electron chi connectivity index (χ1n) is 13.3. The average molecular weight is 517 g/mol. The molecule has 1 aliphatic heterocycles. The molecule has 0 saturated carbocycles. The molecule has 2 aromatic carbocycles. The van der Waals surface area contributed by atoms with Gasteiger partial charge < -0.3 is 26.5 Å². The van der Waals surface area contributed by atoms with E-state index in [1.807, 2.05) is 48.7 Å². The van der Waals surface area contributed by atoms with E-state index in [2.05, 4.69) is 21.7 Å². The van der Waals surface area contributed by atoms with Gasteiger partial charge in [0.05, 0.1) is 18.0 Å². The van der Waals surface area contributed by atoms with Crippen LogP contribution in [-0.4, -0.2) is 52.4 Å². The standard InChI is InChI=1S/C30H36N4O4/c1-29(2,31)28(38)34-24(15-18-17-33-23-10-6-4-7-19(18)23)27(37)26-21(16-25(35)36)20-8-3-5-9-22(20)30(26)11-13-32-14-12-30/h3-10,17,21,24,26,32-33H,11-16,31H2,1-2H3,(H,34,38)(H,35,36)/t21-,24+,26-/m0/s1. The van der Waals surface area contributed by atoms with Gasteiger partial charge in [-0.15, -0.1) is 0 Å². The van der Waals surface area contributed by atoms with Crippen LogP contribution in [0.2, 0.25) is 0 Å². The summed E-state index contributed by atoms with van der Waals surface area (Å²) in [6, 6.07) is 14.9. The number of para-hydroxylation sites is 1. The first-order valence-corrected chi connectivity index (χ1v) is 13.3. The van der Waals surface area contributed by atoms with Gasteiger partial charge in [0.1, 0.15) is 0 Å². The smallest absolute Gasteiger partial charge is 0.303 e. The van der Waals surface area contributed by atoms with Crippen molar-refractivity contribution in [2.24, 2.45) is 11.7 Å². The Labute approximate surface area is 222 Å². The summed E-state index contributed by atoms with van der Waals surface area (Å²) in [5, 5.41) is 17.2. The number of hydrogen-bond acceptors (Lipinski definition) is 5. The molecule has 2 aliphatic rings. The second kappa shape index (κ2) is 10.0. The Morgan fingerprint density at radius 3 is 2.50 bits per heavy atom. The van der Waals surface area contributed by atoms with Gasteiger partial charge in [-0.05, 0) is 62.5 Å². The topological polar surface area (TPSA) is 137 Å². The molecule has 2 heterocycles. The molecule has 38 heavy (non-hydrogen) atoms. The van der Waals surface area contributed by atoms with Crippen LogP contribution in [0.15, 0.2) is 54.7 Å². The van der Waals surface area contributed by atoms with Crippen LogP contribution < -0.4 is 16.4 Å². The molecule has 6 N–H and O–H groups in total. The summed E-state index contributed by atoms with van der Waals surface area (Å²) in [6.45, 7) is 4.71. The molecular formula is C30H36N4O4. The van der Waals surface area contributed by atoms with Gasteiger partial charge in [0, 0.05) is 40.8 Å². The lowest BCUT2D eigenvalue weighted by Crippen LogP contribution is -2.57. The van der Waals surface area contributed by atoms with Gasteiger partial charge in [-0.1, -0.05) is 42.5 Å². The second-order valence-corrected chi connectivity index (χ2v) is 11.4. The van der Waals surface area contributed by atoms with Gasteiger partial charge in [-0.2, -0.15) is 0 Å². The predicted molar refractivity (Wildman–Crippen MR) is 146 cm³/mol. The summed E-state index contributed by atoms with van der Waals surface area (Å²) in [6.07, 6.45) is 3.48. The first-order chi connectivity index (χ1) is 18.1. The summed E-state index contributed by atoms with van der Waals surface area (Å²) in [5.74, 6) is -2.52. The fourth-order valence-corrected chi connectivity index (χ4v) is 6.65. The molecule has 1 aromatic heterocycles. The number of hydrogen-bond donors (Lipinski definition) is 5. The van der Waals surface area contributed by atoms with Gasteiger partial charge >= 0.3 is 5.97 Å². The van der Waals surface area contributed by atoms with Crippen molar-refractivity contribution in [2.75, 3.05) is 13.1 Å². The summed E-state index contributed by atoms with van der Waals surface area (Å²) in [4.78, 5) is 43.2. The SMILES string of the molecule is CC(C)(N)C(=O)N[C@H](Cc1c[nH]c2ccccc12)C(=O)[C@@H]1[C@@H](CC(=O)O)c2ccccc2C12CCNCC2. The van der Waals surface area contributed by atoms with E-state index in [1.165, 1.54) is 0 Å². The molecule has 1 aliphatic carbocycles. The Morgan fingerprint density at radius 1 is 1.11 bits per heavy atom. The van der Waals surface area contributed by atoms with E-state index >= 15 is 0 Å². The number of H-pyrrole nitrogens is 1. The molecule has 3 atom stereocenters. The number of ketones is 1. The lowest BCUT2D eigenvalue weighted by Gasteiger charge is -2.42. The van der Waals surface area contributed by atoms with Crippen LogP contribution in [0.25, 0.3) is 10.9 Å². The van der Waals surface area contributed by atoms with Crippen LogP contribution in [0.1, 0.15) is 55.7 Å². The molecule has 5 rings (SSSR count). The minimum absolute atomic E-state index is 0.128. The van der Waals surface area contributed by atoms with E-state index < -0.39 is 40.7 Å². The third-order valence-corrected chi connectivity index (χ3v) is 8.42. The number of benzene rings is 2. The number of amides is 1. The third kappa shape index (κ3) is 4.63. The zero-order valence-electron chi connectivity index (χ0n) is 21.9. The first kappa shape index (κ1) is 26.1. The van der Waals surface area contributed by atoms with E-state index in [0.717, 1.165) is 53.5 Å². The van der Waals surface area contributed by atoms with Crippen molar-refractivity contribution in [1.82, 2.24) is 15.6 Å². The molecule has 0 bridgehead atoms. The molecule has 1 spiro atoms. The number of carboxylic acid groups (broad SMARTS) is 1. The highest BCUT2D eigenvalue weighted by Crippen LogP contribution is 2.56. The number of nitrogens with two attached hydrogens (primary N) is 1. The molecule has 0 radical (unpaired) electrons. The Hall–Kier alpha value is -3.49. The van der Waals surface area contributed by atoms with Crippen molar-refractivity contribution in [2.45, 2.75) is 62.4 Å². The lowest BCUT2D eigenvalue weighted by molar-refractivity contribution is -0.139. The number of carbonyl (C=O) groups excluding carboxylic acids is 2. The molecule has 0 unspecified atom stereocenters. The maximum absolute atomic E-state index is 14.7. The number of carbonyl (C=O) groups is 3. The number of fused-ring (bicyclic) bond motifs is 3. The van der Waals surface area contributed by atoms with Gasteiger partial charge in [0.15, 0.2) is 5.78 Å². The van der Waals surface area contributed by atoms with Crippen molar-refractivity contribution in [3.05, 3.63) is 71.4 Å². The Kier molecular flexibility index (Phi) is 6.88. The van der Waals surface area contributed by atoms with Gasteiger partial charge in [0.2, 0.25) is 5.91 Å². The number of carboxylic acids is 1. The van der Waals surface area contributed by atoms with Crippen molar-refractivity contribution in [3.63, 3.8) is 0 Å². The quantitative estimate of drug-likeness (QED) is 0.312. The zero-order chi connectivity index (χ0) is 27.1. The maximum Gasteiger partial charge on any atom is 0.303 e. The van der Waals surface area contributed by atoms with E-state index in [9.17, 15) is 19.5 Å². The van der Waals surface area contributed by atoms with E-state index in [-0.39, 0.29) is 18.6 Å². The summed E-state index contributed by atoms with van der Waals surface area (Å²) >= 11 is 0. The van der Waals surface area contributed by atoms with Crippen molar-refractivity contribution >= 4 is 28.6 Å². The number of piperidine rings is 1. The molecule has 200 valence electrons. The van der Waals surface area contributed by atoms with E-state index in [0.29, 0.717) is 0 Å². The molecule has 1 amide bonds. The molecule has 3 aromatic rings. The van der Waals surface area contributed by atoms with Gasteiger partial charge in [-0.25, -0.2) is 0 Å². The fraction of sp³-hybridized carbons (Fsp3) is 0.433. The molecule has 8 nitrogen and oxygen atoms in total. The number of aromatic nitrogens is 1. The van der Waals surface area contributed by atoms with Gasteiger partial charge in [-0.3, -0.25) is 14.4 Å².